The van der Waals surface area contributed by atoms with Gasteiger partial charge in [0.05, 0.1) is 10.3 Å². The van der Waals surface area contributed by atoms with Crippen molar-refractivity contribution in [1.82, 2.24) is 10.0 Å². The highest BCUT2D eigenvalue weighted by molar-refractivity contribution is 7.89. The molecule has 0 aliphatic carbocycles. The van der Waals surface area contributed by atoms with Gasteiger partial charge in [-0.05, 0) is 61.9 Å². The molecule has 1 aliphatic rings. The maximum atomic E-state index is 13.1. The molecule has 2 atom stereocenters. The summed E-state index contributed by atoms with van der Waals surface area (Å²) in [4.78, 5) is 37.4. The highest BCUT2D eigenvalue weighted by atomic mass is 32.2. The van der Waals surface area contributed by atoms with Crippen LogP contribution in [0.2, 0.25) is 0 Å². The molecule has 3 N–H and O–H groups in total. The van der Waals surface area contributed by atoms with E-state index >= 15 is 0 Å². The number of rotatable bonds is 9. The van der Waals surface area contributed by atoms with Crippen LogP contribution in [0.3, 0.4) is 0 Å². The van der Waals surface area contributed by atoms with Crippen LogP contribution in [0, 0.1) is 12.8 Å². The van der Waals surface area contributed by atoms with Crippen LogP contribution in [-0.2, 0) is 29.8 Å². The Morgan fingerprint density at radius 1 is 1.06 bits per heavy atom. The van der Waals surface area contributed by atoms with E-state index in [1.54, 1.807) is 36.4 Å². The minimum atomic E-state index is -3.89. The second-order valence-electron chi connectivity index (χ2n) is 9.50. The number of amides is 3. The summed E-state index contributed by atoms with van der Waals surface area (Å²) in [6.07, 6.45) is 1.56. The minimum Gasteiger partial charge on any atom is -0.325 e. The van der Waals surface area contributed by atoms with Gasteiger partial charge in [-0.2, -0.15) is 4.72 Å². The average molecular weight is 500 g/mol. The van der Waals surface area contributed by atoms with Gasteiger partial charge in [0.15, 0.2) is 0 Å². The van der Waals surface area contributed by atoms with Crippen molar-refractivity contribution in [3.8, 4) is 0 Å². The van der Waals surface area contributed by atoms with Crippen LogP contribution in [0.4, 0.5) is 5.69 Å². The molecule has 2 unspecified atom stereocenters. The monoisotopic (exact) mass is 499 g/mol. The Morgan fingerprint density at radius 2 is 1.69 bits per heavy atom. The fourth-order valence-electron chi connectivity index (χ4n) is 4.32. The Labute approximate surface area is 206 Å². The zero-order valence-corrected chi connectivity index (χ0v) is 21.4. The van der Waals surface area contributed by atoms with Crippen LogP contribution >= 0.6 is 0 Å². The van der Waals surface area contributed by atoms with Crippen molar-refractivity contribution in [3.05, 3.63) is 59.7 Å². The van der Waals surface area contributed by atoms with E-state index in [1.165, 1.54) is 12.1 Å². The lowest BCUT2D eigenvalue weighted by Gasteiger charge is -2.35. The summed E-state index contributed by atoms with van der Waals surface area (Å²) in [5.41, 5.74) is 1.40. The summed E-state index contributed by atoms with van der Waals surface area (Å²) in [5.74, 6) is -0.970. The Bertz CT molecular complexity index is 1190. The van der Waals surface area contributed by atoms with Crippen molar-refractivity contribution < 1.29 is 22.8 Å². The summed E-state index contributed by atoms with van der Waals surface area (Å²) in [6.45, 7) is 7.60. The van der Waals surface area contributed by atoms with E-state index in [-0.39, 0.29) is 29.0 Å². The topological polar surface area (TPSA) is 121 Å². The van der Waals surface area contributed by atoms with Crippen LogP contribution in [0.15, 0.2) is 53.4 Å². The lowest BCUT2D eigenvalue weighted by Crippen LogP contribution is -2.51. The van der Waals surface area contributed by atoms with Gasteiger partial charge in [0.1, 0.15) is 6.04 Å². The van der Waals surface area contributed by atoms with Gasteiger partial charge in [-0.15, -0.1) is 0 Å². The Morgan fingerprint density at radius 3 is 2.23 bits per heavy atom. The van der Waals surface area contributed by atoms with Gasteiger partial charge in [-0.3, -0.25) is 19.7 Å². The maximum absolute atomic E-state index is 13.1. The number of benzene rings is 2. The van der Waals surface area contributed by atoms with Crippen molar-refractivity contribution in [2.24, 2.45) is 5.92 Å². The number of carbonyl (C=O) groups excluding carboxylic acids is 3. The lowest BCUT2D eigenvalue weighted by atomic mass is 9.72. The SMILES string of the molecule is CCC1(c2ccc(NC(=O)C(CC(C)C)NS(=O)(=O)c3ccc(C)cc3)cc2)CCC(=O)NC1=O. The Hall–Kier alpha value is -3.04. The van der Waals surface area contributed by atoms with Crippen LogP contribution in [0.25, 0.3) is 0 Å². The van der Waals surface area contributed by atoms with Gasteiger partial charge < -0.3 is 5.32 Å². The maximum Gasteiger partial charge on any atom is 0.242 e. The molecule has 1 fully saturated rings. The number of carbonyl (C=O) groups is 3. The van der Waals surface area contributed by atoms with Crippen LogP contribution < -0.4 is 15.4 Å². The van der Waals surface area contributed by atoms with E-state index in [1.807, 2.05) is 27.7 Å². The predicted octanol–water partition coefficient (Wildman–Crippen LogP) is 3.41. The second kappa shape index (κ2) is 10.7. The average Bonchev–Trinajstić information content (AvgIpc) is 2.79. The first kappa shape index (κ1) is 26.6. The minimum absolute atomic E-state index is 0.0748. The Kier molecular flexibility index (Phi) is 8.12. The van der Waals surface area contributed by atoms with Gasteiger partial charge >= 0.3 is 0 Å². The third-order valence-electron chi connectivity index (χ3n) is 6.43. The molecule has 8 nitrogen and oxygen atoms in total. The fraction of sp³-hybridized carbons (Fsp3) is 0.423. The number of piperidine rings is 1. The van der Waals surface area contributed by atoms with Crippen LogP contribution in [0.1, 0.15) is 57.6 Å². The molecular weight excluding hydrogens is 466 g/mol. The van der Waals surface area contributed by atoms with Gasteiger partial charge in [0.25, 0.3) is 0 Å². The lowest BCUT2D eigenvalue weighted by molar-refractivity contribution is -0.138. The van der Waals surface area contributed by atoms with E-state index in [9.17, 15) is 22.8 Å². The molecule has 9 heteroatoms. The largest absolute Gasteiger partial charge is 0.325 e. The number of anilines is 1. The molecule has 188 valence electrons. The first-order valence-electron chi connectivity index (χ1n) is 11.8. The molecule has 0 aromatic heterocycles. The normalized spacial score (nSPS) is 19.3. The number of sulfonamides is 1. The molecule has 0 spiro atoms. The van der Waals surface area contributed by atoms with E-state index in [0.717, 1.165) is 11.1 Å². The molecule has 0 saturated carbocycles. The summed E-state index contributed by atoms with van der Waals surface area (Å²) >= 11 is 0. The van der Waals surface area contributed by atoms with Crippen molar-refractivity contribution in [3.63, 3.8) is 0 Å². The third kappa shape index (κ3) is 6.15. The molecule has 1 saturated heterocycles. The van der Waals surface area contributed by atoms with Gasteiger partial charge in [-0.1, -0.05) is 50.6 Å². The number of aryl methyl sites for hydroxylation is 1. The number of hydrogen-bond acceptors (Lipinski definition) is 5. The van der Waals surface area contributed by atoms with Crippen molar-refractivity contribution >= 4 is 33.4 Å². The first-order chi connectivity index (χ1) is 16.5. The number of nitrogens with one attached hydrogen (secondary N) is 3. The number of hydrogen-bond donors (Lipinski definition) is 3. The molecule has 3 amide bonds. The third-order valence-corrected chi connectivity index (χ3v) is 7.91. The fourth-order valence-corrected chi connectivity index (χ4v) is 5.53. The zero-order valence-electron chi connectivity index (χ0n) is 20.6. The molecule has 35 heavy (non-hydrogen) atoms. The first-order valence-corrected chi connectivity index (χ1v) is 13.3. The molecule has 2 aromatic rings. The zero-order chi connectivity index (χ0) is 25.8. The highest BCUT2D eigenvalue weighted by Gasteiger charge is 2.42. The molecule has 1 heterocycles. The summed E-state index contributed by atoms with van der Waals surface area (Å²) in [5, 5.41) is 5.21. The van der Waals surface area contributed by atoms with Crippen molar-refractivity contribution in [1.29, 1.82) is 0 Å². The quantitative estimate of drug-likeness (QED) is 0.457. The smallest absolute Gasteiger partial charge is 0.242 e. The highest BCUT2D eigenvalue weighted by Crippen LogP contribution is 2.36. The van der Waals surface area contributed by atoms with E-state index in [4.69, 9.17) is 0 Å². The predicted molar refractivity (Wildman–Crippen MR) is 134 cm³/mol. The van der Waals surface area contributed by atoms with Gasteiger partial charge in [-0.25, -0.2) is 8.42 Å². The van der Waals surface area contributed by atoms with E-state index in [0.29, 0.717) is 24.9 Å². The van der Waals surface area contributed by atoms with Crippen molar-refractivity contribution in [2.45, 2.75) is 69.7 Å². The van der Waals surface area contributed by atoms with E-state index in [2.05, 4.69) is 15.4 Å². The summed E-state index contributed by atoms with van der Waals surface area (Å²) < 4.78 is 28.3. The molecule has 3 rings (SSSR count). The van der Waals surface area contributed by atoms with Crippen molar-refractivity contribution in [2.75, 3.05) is 5.32 Å². The second-order valence-corrected chi connectivity index (χ2v) is 11.2. The van der Waals surface area contributed by atoms with E-state index < -0.39 is 27.4 Å². The summed E-state index contributed by atoms with van der Waals surface area (Å²) in [6, 6.07) is 12.4. The molecular formula is C26H33N3O5S. The molecule has 2 aromatic carbocycles. The molecule has 0 radical (unpaired) electrons. The molecule has 0 bridgehead atoms. The summed E-state index contributed by atoms with van der Waals surface area (Å²) in [7, 11) is -3.89. The number of imide groups is 1. The van der Waals surface area contributed by atoms with Crippen LogP contribution in [0.5, 0.6) is 0 Å². The standard InChI is InChI=1S/C26H33N3O5S/c1-5-26(15-14-23(30)28-25(26)32)19-8-10-20(11-9-19)27-24(31)22(16-17(2)3)29-35(33,34)21-12-6-18(4)7-13-21/h6-13,17,22,29H,5,14-16H2,1-4H3,(H,27,31)(H,28,30,32). The van der Waals surface area contributed by atoms with Gasteiger partial charge in [0.2, 0.25) is 27.7 Å². The molecule has 1 aliphatic heterocycles. The van der Waals surface area contributed by atoms with Gasteiger partial charge in [0, 0.05) is 12.1 Å². The van der Waals surface area contributed by atoms with Crippen LogP contribution in [-0.4, -0.2) is 32.2 Å². The Balaban J connectivity index is 1.77.